The van der Waals surface area contributed by atoms with Crippen LogP contribution in [-0.4, -0.2) is 27.6 Å². The molecule has 5 N–H and O–H groups in total. The predicted molar refractivity (Wildman–Crippen MR) is 67.4 cm³/mol. The first-order valence-electron chi connectivity index (χ1n) is 5.42. The summed E-state index contributed by atoms with van der Waals surface area (Å²) in [5, 5.41) is 23.4. The second-order valence-electron chi connectivity index (χ2n) is 4.51. The Hall–Kier alpha value is -2.24. The maximum absolute atomic E-state index is 11.8. The zero-order chi connectivity index (χ0) is 13.8. The highest BCUT2D eigenvalue weighted by Gasteiger charge is 2.25. The molecule has 1 amide bonds. The maximum Gasteiger partial charge on any atom is 0.225 e. The molecule has 0 aliphatic heterocycles. The van der Waals surface area contributed by atoms with Gasteiger partial charge in [-0.15, -0.1) is 0 Å². The highest BCUT2D eigenvalue weighted by atomic mass is 16.4. The van der Waals surface area contributed by atoms with Crippen molar-refractivity contribution in [1.29, 1.82) is 0 Å². The molecule has 0 aliphatic rings. The Balaban J connectivity index is 2.68. The van der Waals surface area contributed by atoms with Crippen LogP contribution in [0.5, 0.6) is 5.75 Å². The molecule has 18 heavy (non-hydrogen) atoms. The van der Waals surface area contributed by atoms with Gasteiger partial charge in [-0.3, -0.25) is 4.79 Å². The molecule has 0 aliphatic carbocycles. The lowest BCUT2D eigenvalue weighted by Gasteiger charge is -2.24. The number of hydrogen-bond donors (Lipinski definition) is 4. The Morgan fingerprint density at radius 2 is 2.17 bits per heavy atom. The minimum absolute atomic E-state index is 0.0771. The monoisotopic (exact) mass is 251 g/mol. The second kappa shape index (κ2) is 5.39. The fraction of sp³-hybridized carbons (Fsp3) is 0.333. The first-order valence-corrected chi connectivity index (χ1v) is 5.42. The van der Waals surface area contributed by atoms with Crippen LogP contribution in [0.4, 0.5) is 0 Å². The summed E-state index contributed by atoms with van der Waals surface area (Å²) in [6.07, 6.45) is 0.108. The van der Waals surface area contributed by atoms with Crippen molar-refractivity contribution in [3.05, 3.63) is 29.8 Å². The first-order chi connectivity index (χ1) is 8.35. The first kappa shape index (κ1) is 13.8. The minimum Gasteiger partial charge on any atom is -0.508 e. The lowest BCUT2D eigenvalue weighted by Crippen LogP contribution is -2.53. The van der Waals surface area contributed by atoms with E-state index in [0.29, 0.717) is 5.56 Å². The molecule has 0 bridgehead atoms. The maximum atomic E-state index is 11.8. The lowest BCUT2D eigenvalue weighted by atomic mass is 10.0. The quantitative estimate of drug-likeness (QED) is 0.271. The van der Waals surface area contributed by atoms with E-state index in [2.05, 4.69) is 10.5 Å². The Morgan fingerprint density at radius 1 is 1.50 bits per heavy atom. The average molecular weight is 251 g/mol. The van der Waals surface area contributed by atoms with E-state index in [-0.39, 0.29) is 23.9 Å². The van der Waals surface area contributed by atoms with Crippen molar-refractivity contribution in [3.8, 4) is 5.75 Å². The van der Waals surface area contributed by atoms with Crippen molar-refractivity contribution in [1.82, 2.24) is 5.32 Å². The summed E-state index contributed by atoms with van der Waals surface area (Å²) in [6, 6.07) is 6.43. The zero-order valence-electron chi connectivity index (χ0n) is 10.3. The van der Waals surface area contributed by atoms with Crippen molar-refractivity contribution >= 4 is 11.7 Å². The number of nitrogens with one attached hydrogen (secondary N) is 1. The molecule has 0 radical (unpaired) electrons. The molecule has 0 atom stereocenters. The fourth-order valence-corrected chi connectivity index (χ4v) is 1.43. The highest BCUT2D eigenvalue weighted by molar-refractivity contribution is 5.93. The normalized spacial score (nSPS) is 12.2. The Kier molecular flexibility index (Phi) is 4.14. The van der Waals surface area contributed by atoms with Gasteiger partial charge in [0.1, 0.15) is 5.75 Å². The Bertz CT molecular complexity index is 469. The van der Waals surface area contributed by atoms with Crippen LogP contribution in [0.3, 0.4) is 0 Å². The van der Waals surface area contributed by atoms with Crippen LogP contribution in [-0.2, 0) is 11.2 Å². The van der Waals surface area contributed by atoms with E-state index in [4.69, 9.17) is 10.9 Å². The predicted octanol–water partition coefficient (Wildman–Crippen LogP) is 0.576. The van der Waals surface area contributed by atoms with Gasteiger partial charge >= 0.3 is 0 Å². The lowest BCUT2D eigenvalue weighted by molar-refractivity contribution is -0.121. The molecule has 0 saturated carbocycles. The summed E-state index contributed by atoms with van der Waals surface area (Å²) in [7, 11) is 0. The van der Waals surface area contributed by atoms with Crippen molar-refractivity contribution in [2.24, 2.45) is 10.9 Å². The molecule has 1 aromatic carbocycles. The highest BCUT2D eigenvalue weighted by Crippen LogP contribution is 2.12. The topological polar surface area (TPSA) is 108 Å². The molecule has 6 heteroatoms. The van der Waals surface area contributed by atoms with Gasteiger partial charge in [0.2, 0.25) is 5.91 Å². The van der Waals surface area contributed by atoms with E-state index >= 15 is 0 Å². The minimum atomic E-state index is -0.928. The molecule has 0 unspecified atom stereocenters. The molecule has 0 heterocycles. The summed E-state index contributed by atoms with van der Waals surface area (Å²) in [4.78, 5) is 11.8. The number of amidine groups is 1. The number of carbonyl (C=O) groups is 1. The van der Waals surface area contributed by atoms with Gasteiger partial charge in [0, 0.05) is 0 Å². The van der Waals surface area contributed by atoms with E-state index in [1.807, 2.05) is 0 Å². The number of aromatic hydroxyl groups is 1. The van der Waals surface area contributed by atoms with Crippen LogP contribution < -0.4 is 11.1 Å². The fourth-order valence-electron chi connectivity index (χ4n) is 1.43. The van der Waals surface area contributed by atoms with Crippen molar-refractivity contribution in [2.75, 3.05) is 0 Å². The van der Waals surface area contributed by atoms with Crippen LogP contribution in [0, 0.1) is 0 Å². The SMILES string of the molecule is CC(C)(NC(=O)Cc1cccc(O)c1)/C(N)=N/O. The van der Waals surface area contributed by atoms with Crippen LogP contribution in [0.15, 0.2) is 29.4 Å². The number of phenols is 1. The third-order valence-electron chi connectivity index (χ3n) is 2.48. The Morgan fingerprint density at radius 3 is 2.72 bits per heavy atom. The molecule has 1 rings (SSSR count). The largest absolute Gasteiger partial charge is 0.508 e. The molecule has 0 saturated heterocycles. The van der Waals surface area contributed by atoms with Gasteiger partial charge in [-0.1, -0.05) is 17.3 Å². The number of benzene rings is 1. The number of amides is 1. The molecule has 1 aromatic rings. The number of phenolic OH excluding ortho intramolecular Hbond substituents is 1. The summed E-state index contributed by atoms with van der Waals surface area (Å²) in [5.41, 5.74) is 5.22. The van der Waals surface area contributed by atoms with Gasteiger partial charge in [0.15, 0.2) is 5.84 Å². The van der Waals surface area contributed by atoms with Crippen LogP contribution in [0.1, 0.15) is 19.4 Å². The van der Waals surface area contributed by atoms with Crippen molar-refractivity contribution in [3.63, 3.8) is 0 Å². The average Bonchev–Trinajstić information content (AvgIpc) is 2.26. The molecular formula is C12H17N3O3. The van der Waals surface area contributed by atoms with Crippen LogP contribution in [0.25, 0.3) is 0 Å². The number of nitrogens with zero attached hydrogens (tertiary/aromatic N) is 1. The van der Waals surface area contributed by atoms with E-state index in [9.17, 15) is 9.90 Å². The summed E-state index contributed by atoms with van der Waals surface area (Å²) in [5.74, 6) is -0.250. The van der Waals surface area contributed by atoms with Crippen molar-refractivity contribution < 1.29 is 15.1 Å². The molecule has 0 aromatic heterocycles. The van der Waals surface area contributed by atoms with E-state index in [1.165, 1.54) is 12.1 Å². The summed E-state index contributed by atoms with van der Waals surface area (Å²) >= 11 is 0. The third kappa shape index (κ3) is 3.65. The van der Waals surface area contributed by atoms with Gasteiger partial charge in [-0.25, -0.2) is 0 Å². The zero-order valence-corrected chi connectivity index (χ0v) is 10.3. The molecule has 0 fully saturated rings. The Labute approximate surface area is 105 Å². The second-order valence-corrected chi connectivity index (χ2v) is 4.51. The van der Waals surface area contributed by atoms with Gasteiger partial charge in [-0.05, 0) is 31.5 Å². The van der Waals surface area contributed by atoms with Crippen molar-refractivity contribution in [2.45, 2.75) is 25.8 Å². The summed E-state index contributed by atoms with van der Waals surface area (Å²) in [6.45, 7) is 3.25. The van der Waals surface area contributed by atoms with E-state index in [1.54, 1.807) is 26.0 Å². The number of carbonyl (C=O) groups excluding carboxylic acids is 1. The summed E-state index contributed by atoms with van der Waals surface area (Å²) < 4.78 is 0. The standard InChI is InChI=1S/C12H17N3O3/c1-12(2,11(13)15-18)14-10(17)7-8-4-3-5-9(16)6-8/h3-6,16,18H,7H2,1-2H3,(H2,13,15)(H,14,17). The molecule has 6 nitrogen and oxygen atoms in total. The van der Waals surface area contributed by atoms with Crippen LogP contribution in [0.2, 0.25) is 0 Å². The number of oxime groups is 1. The van der Waals surface area contributed by atoms with Gasteiger partial charge in [0.25, 0.3) is 0 Å². The number of rotatable bonds is 4. The van der Waals surface area contributed by atoms with E-state index < -0.39 is 5.54 Å². The van der Waals surface area contributed by atoms with Gasteiger partial charge in [0.05, 0.1) is 12.0 Å². The molecule has 0 spiro atoms. The van der Waals surface area contributed by atoms with Gasteiger partial charge < -0.3 is 21.4 Å². The smallest absolute Gasteiger partial charge is 0.225 e. The molecular weight excluding hydrogens is 234 g/mol. The van der Waals surface area contributed by atoms with Crippen LogP contribution >= 0.6 is 0 Å². The third-order valence-corrected chi connectivity index (χ3v) is 2.48. The number of nitrogens with two attached hydrogens (primary N) is 1. The van der Waals surface area contributed by atoms with Gasteiger partial charge in [-0.2, -0.15) is 0 Å². The van der Waals surface area contributed by atoms with E-state index in [0.717, 1.165) is 0 Å². The molecule has 98 valence electrons. The number of hydrogen-bond acceptors (Lipinski definition) is 4.